The van der Waals surface area contributed by atoms with Gasteiger partial charge in [-0.2, -0.15) is 9.57 Å². The Morgan fingerprint density at radius 2 is 1.88 bits per heavy atom. The van der Waals surface area contributed by atoms with Gasteiger partial charge in [-0.25, -0.2) is 13.4 Å². The Hall–Kier alpha value is -1.92. The van der Waals surface area contributed by atoms with Crippen molar-refractivity contribution in [1.82, 2.24) is 14.2 Å². The molecule has 1 saturated heterocycles. The van der Waals surface area contributed by atoms with Crippen LogP contribution in [0.3, 0.4) is 0 Å². The maximum absolute atomic E-state index is 12.7. The van der Waals surface area contributed by atoms with E-state index in [1.807, 2.05) is 25.2 Å². The topological polar surface area (TPSA) is 77.3 Å². The molecule has 0 amide bonds. The highest BCUT2D eigenvalue weighted by atomic mass is 32.2. The second-order valence-corrected chi connectivity index (χ2v) is 9.03. The highest BCUT2D eigenvalue weighted by molar-refractivity contribution is 7.98. The van der Waals surface area contributed by atoms with Crippen molar-refractivity contribution in [2.45, 2.75) is 15.7 Å². The minimum Gasteiger partial charge on any atom is -0.304 e. The van der Waals surface area contributed by atoms with Gasteiger partial charge >= 0.3 is 0 Å². The van der Waals surface area contributed by atoms with Crippen LogP contribution in [0.1, 0.15) is 11.1 Å². The van der Waals surface area contributed by atoms with Crippen LogP contribution in [0.15, 0.2) is 52.5 Å². The lowest BCUT2D eigenvalue weighted by Gasteiger charge is -2.31. The summed E-state index contributed by atoms with van der Waals surface area (Å²) in [5.74, 6) is 0.612. The molecule has 136 valence electrons. The number of pyridine rings is 1. The summed E-state index contributed by atoms with van der Waals surface area (Å²) in [6, 6.07) is 12.9. The second-order valence-electron chi connectivity index (χ2n) is 6.10. The highest BCUT2D eigenvalue weighted by Gasteiger charge is 2.27. The maximum atomic E-state index is 12.7. The number of sulfonamides is 1. The van der Waals surface area contributed by atoms with Crippen LogP contribution in [0.25, 0.3) is 0 Å². The van der Waals surface area contributed by atoms with Gasteiger partial charge in [0.25, 0.3) is 0 Å². The van der Waals surface area contributed by atoms with E-state index in [9.17, 15) is 8.42 Å². The van der Waals surface area contributed by atoms with Crippen LogP contribution < -0.4 is 0 Å². The largest absolute Gasteiger partial charge is 0.304 e. The molecule has 3 rings (SSSR count). The van der Waals surface area contributed by atoms with Crippen molar-refractivity contribution in [3.63, 3.8) is 0 Å². The summed E-state index contributed by atoms with van der Waals surface area (Å²) < 4.78 is 26.9. The van der Waals surface area contributed by atoms with Crippen molar-refractivity contribution in [1.29, 1.82) is 5.26 Å². The van der Waals surface area contributed by atoms with Crippen molar-refractivity contribution in [3.05, 3.63) is 53.7 Å². The predicted molar refractivity (Wildman–Crippen MR) is 101 cm³/mol. The first-order valence-corrected chi connectivity index (χ1v) is 10.7. The fraction of sp³-hybridized carbons (Fsp3) is 0.333. The summed E-state index contributed by atoms with van der Waals surface area (Å²) in [6.45, 7) is 2.47. The average molecular weight is 389 g/mol. The van der Waals surface area contributed by atoms with Crippen LogP contribution in [0.4, 0.5) is 0 Å². The average Bonchev–Trinajstić information content (AvgIpc) is 2.67. The molecule has 2 aromatic rings. The molecule has 0 saturated carbocycles. The van der Waals surface area contributed by atoms with Gasteiger partial charge in [-0.05, 0) is 30.8 Å². The molecule has 0 radical (unpaired) electrons. The van der Waals surface area contributed by atoms with Gasteiger partial charge in [0.1, 0.15) is 4.90 Å². The predicted octanol–water partition coefficient (Wildman–Crippen LogP) is 2.18. The summed E-state index contributed by atoms with van der Waals surface area (Å²) in [4.78, 5) is 6.63. The Balaban J connectivity index is 1.67. The first-order chi connectivity index (χ1) is 12.5. The first kappa shape index (κ1) is 18.9. The highest BCUT2D eigenvalue weighted by Crippen LogP contribution is 2.24. The maximum Gasteiger partial charge on any atom is 0.244 e. The van der Waals surface area contributed by atoms with Gasteiger partial charge in [0.2, 0.25) is 10.0 Å². The molecule has 1 aliphatic rings. The van der Waals surface area contributed by atoms with E-state index in [1.54, 1.807) is 18.2 Å². The Labute approximate surface area is 158 Å². The van der Waals surface area contributed by atoms with Gasteiger partial charge in [-0.15, -0.1) is 11.8 Å². The SMILES string of the molecule is CN1CCN(S(=O)(=O)c2ccc(SCc3ccccc3C#N)nc2)CC1. The Bertz CT molecular complexity index is 900. The zero-order valence-corrected chi connectivity index (χ0v) is 16.1. The lowest BCUT2D eigenvalue weighted by atomic mass is 10.1. The number of nitriles is 1. The van der Waals surface area contributed by atoms with Crippen molar-refractivity contribution in [2.75, 3.05) is 33.2 Å². The van der Waals surface area contributed by atoms with E-state index < -0.39 is 10.0 Å². The molecule has 1 aliphatic heterocycles. The van der Waals surface area contributed by atoms with Crippen LogP contribution in [-0.2, 0) is 15.8 Å². The number of piperazine rings is 1. The van der Waals surface area contributed by atoms with Gasteiger partial charge in [-0.1, -0.05) is 18.2 Å². The fourth-order valence-electron chi connectivity index (χ4n) is 2.69. The summed E-state index contributed by atoms with van der Waals surface area (Å²) in [7, 11) is -1.50. The molecular weight excluding hydrogens is 368 g/mol. The number of benzene rings is 1. The number of nitrogens with zero attached hydrogens (tertiary/aromatic N) is 4. The van der Waals surface area contributed by atoms with Crippen LogP contribution in [0.5, 0.6) is 0 Å². The van der Waals surface area contributed by atoms with Gasteiger partial charge in [-0.3, -0.25) is 0 Å². The molecule has 1 fully saturated rings. The smallest absolute Gasteiger partial charge is 0.244 e. The molecule has 1 aromatic carbocycles. The van der Waals surface area contributed by atoms with E-state index >= 15 is 0 Å². The molecule has 8 heteroatoms. The molecule has 0 bridgehead atoms. The van der Waals surface area contributed by atoms with Crippen molar-refractivity contribution in [3.8, 4) is 6.07 Å². The minimum absolute atomic E-state index is 0.226. The van der Waals surface area contributed by atoms with Crippen molar-refractivity contribution >= 4 is 21.8 Å². The van der Waals surface area contributed by atoms with Crippen LogP contribution in [-0.4, -0.2) is 55.8 Å². The number of aromatic nitrogens is 1. The third-order valence-electron chi connectivity index (χ3n) is 4.32. The number of hydrogen-bond donors (Lipinski definition) is 0. The van der Waals surface area contributed by atoms with Crippen LogP contribution in [0, 0.1) is 11.3 Å². The second kappa shape index (κ2) is 8.18. The van der Waals surface area contributed by atoms with E-state index in [-0.39, 0.29) is 4.90 Å². The normalized spacial score (nSPS) is 16.3. The zero-order chi connectivity index (χ0) is 18.6. The minimum atomic E-state index is -3.49. The molecule has 0 atom stereocenters. The summed E-state index contributed by atoms with van der Waals surface area (Å²) in [5, 5.41) is 9.86. The molecule has 6 nitrogen and oxygen atoms in total. The standard InChI is InChI=1S/C18H20N4O2S2/c1-21-8-10-22(11-9-21)26(23,24)17-6-7-18(20-13-17)25-14-16-5-3-2-4-15(16)12-19/h2-7,13H,8-11,14H2,1H3. The fourth-order valence-corrected chi connectivity index (χ4v) is 4.90. The van der Waals surface area contributed by atoms with Gasteiger partial charge in [0.15, 0.2) is 0 Å². The van der Waals surface area contributed by atoms with E-state index in [2.05, 4.69) is 16.0 Å². The molecule has 0 unspecified atom stereocenters. The monoisotopic (exact) mass is 388 g/mol. The molecule has 0 spiro atoms. The van der Waals surface area contributed by atoms with Crippen molar-refractivity contribution in [2.24, 2.45) is 0 Å². The van der Waals surface area contributed by atoms with Gasteiger partial charge in [0, 0.05) is 38.1 Å². The molecular formula is C18H20N4O2S2. The molecule has 1 aromatic heterocycles. The van der Waals surface area contributed by atoms with Crippen LogP contribution in [0.2, 0.25) is 0 Å². The van der Waals surface area contributed by atoms with E-state index in [1.165, 1.54) is 22.3 Å². The quantitative estimate of drug-likeness (QED) is 0.731. The van der Waals surface area contributed by atoms with Gasteiger partial charge < -0.3 is 4.90 Å². The molecule has 26 heavy (non-hydrogen) atoms. The number of hydrogen-bond acceptors (Lipinski definition) is 6. The third kappa shape index (κ3) is 4.24. The molecule has 0 aliphatic carbocycles. The molecule has 0 N–H and O–H groups in total. The zero-order valence-electron chi connectivity index (χ0n) is 14.5. The number of thioether (sulfide) groups is 1. The Morgan fingerprint density at radius 3 is 2.54 bits per heavy atom. The summed E-state index contributed by atoms with van der Waals surface area (Å²) in [5.41, 5.74) is 1.59. The van der Waals surface area contributed by atoms with Crippen molar-refractivity contribution < 1.29 is 8.42 Å². The lowest BCUT2D eigenvalue weighted by molar-refractivity contribution is 0.222. The lowest BCUT2D eigenvalue weighted by Crippen LogP contribution is -2.47. The Kier molecular flexibility index (Phi) is 5.94. The van der Waals surface area contributed by atoms with E-state index in [4.69, 9.17) is 5.26 Å². The first-order valence-electron chi connectivity index (χ1n) is 8.26. The van der Waals surface area contributed by atoms with Crippen LogP contribution >= 0.6 is 11.8 Å². The number of likely N-dealkylation sites (N-methyl/N-ethyl adjacent to an activating group) is 1. The summed E-state index contributed by atoms with van der Waals surface area (Å²) >= 11 is 1.48. The van der Waals surface area contributed by atoms with Gasteiger partial charge in [0.05, 0.1) is 16.7 Å². The Morgan fingerprint density at radius 1 is 1.15 bits per heavy atom. The summed E-state index contributed by atoms with van der Waals surface area (Å²) in [6.07, 6.45) is 1.42. The third-order valence-corrected chi connectivity index (χ3v) is 7.20. The van der Waals surface area contributed by atoms with E-state index in [0.29, 0.717) is 24.4 Å². The van der Waals surface area contributed by atoms with E-state index in [0.717, 1.165) is 23.7 Å². The number of rotatable bonds is 5. The molecule has 2 heterocycles.